The van der Waals surface area contributed by atoms with Crippen LogP contribution in [0.3, 0.4) is 0 Å². The van der Waals surface area contributed by atoms with Gasteiger partial charge in [0.2, 0.25) is 5.91 Å². The maximum atomic E-state index is 12.6. The molecular formula is C20H17BrN2O5S. The zero-order valence-corrected chi connectivity index (χ0v) is 17.7. The summed E-state index contributed by atoms with van der Waals surface area (Å²) in [5.41, 5.74) is 0.741. The van der Waals surface area contributed by atoms with Crippen LogP contribution in [0.2, 0.25) is 0 Å². The van der Waals surface area contributed by atoms with Gasteiger partial charge in [0.1, 0.15) is 11.5 Å². The maximum Gasteiger partial charge on any atom is 0.261 e. The molecule has 0 saturated carbocycles. The van der Waals surface area contributed by atoms with Crippen LogP contribution in [-0.4, -0.2) is 21.4 Å². The number of benzene rings is 2. The molecule has 2 N–H and O–H groups in total. The van der Waals surface area contributed by atoms with E-state index in [4.69, 9.17) is 9.15 Å². The molecule has 29 heavy (non-hydrogen) atoms. The molecule has 7 nitrogen and oxygen atoms in total. The summed E-state index contributed by atoms with van der Waals surface area (Å²) in [6.07, 6.45) is 2.80. The van der Waals surface area contributed by atoms with E-state index in [-0.39, 0.29) is 4.90 Å². The monoisotopic (exact) mass is 476 g/mol. The third kappa shape index (κ3) is 5.72. The first kappa shape index (κ1) is 20.7. The minimum absolute atomic E-state index is 0.0186. The highest BCUT2D eigenvalue weighted by atomic mass is 79.9. The standard InChI is InChI=1S/C20H17BrN2O5S/c1-27-16-7-5-14(6-8-16)23-29(25,26)18-4-2-3-15(13-18)22-20(24)12-10-17-9-11-19(21)28-17/h2-13,23H,1H3,(H,22,24)/b12-10+. The maximum absolute atomic E-state index is 12.6. The van der Waals surface area contributed by atoms with Gasteiger partial charge < -0.3 is 14.5 Å². The van der Waals surface area contributed by atoms with Gasteiger partial charge in [-0.05, 0) is 76.6 Å². The summed E-state index contributed by atoms with van der Waals surface area (Å²) in [7, 11) is -2.29. The first-order valence-corrected chi connectivity index (χ1v) is 10.6. The van der Waals surface area contributed by atoms with E-state index in [0.29, 0.717) is 27.6 Å². The van der Waals surface area contributed by atoms with E-state index in [1.165, 1.54) is 31.4 Å². The molecule has 0 spiro atoms. The van der Waals surface area contributed by atoms with Crippen molar-refractivity contribution in [1.29, 1.82) is 0 Å². The number of halogens is 1. The molecule has 0 fully saturated rings. The number of hydrogen-bond donors (Lipinski definition) is 2. The van der Waals surface area contributed by atoms with Crippen LogP contribution in [0.5, 0.6) is 5.75 Å². The Morgan fingerprint density at radius 1 is 1.07 bits per heavy atom. The van der Waals surface area contributed by atoms with Gasteiger partial charge in [-0.3, -0.25) is 9.52 Å². The molecule has 0 aliphatic carbocycles. The molecule has 150 valence electrons. The number of amides is 1. The molecule has 0 aliphatic rings. The van der Waals surface area contributed by atoms with Crippen LogP contribution < -0.4 is 14.8 Å². The number of anilines is 2. The second-order valence-corrected chi connectivity index (χ2v) is 8.29. The number of nitrogens with one attached hydrogen (secondary N) is 2. The SMILES string of the molecule is COc1ccc(NS(=O)(=O)c2cccc(NC(=O)/C=C/c3ccc(Br)o3)c2)cc1. The van der Waals surface area contributed by atoms with Gasteiger partial charge in [0.05, 0.1) is 12.0 Å². The predicted octanol–water partition coefficient (Wildman–Crippen LogP) is 4.50. The van der Waals surface area contributed by atoms with E-state index in [0.717, 1.165) is 0 Å². The Labute approximate surface area is 176 Å². The van der Waals surface area contributed by atoms with Gasteiger partial charge in [0, 0.05) is 17.5 Å². The predicted molar refractivity (Wildman–Crippen MR) is 114 cm³/mol. The van der Waals surface area contributed by atoms with Crippen molar-refractivity contribution in [3.05, 3.63) is 77.2 Å². The third-order valence-electron chi connectivity index (χ3n) is 3.75. The largest absolute Gasteiger partial charge is 0.497 e. The lowest BCUT2D eigenvalue weighted by Gasteiger charge is -2.10. The Bertz CT molecular complexity index is 1140. The summed E-state index contributed by atoms with van der Waals surface area (Å²) in [5.74, 6) is 0.704. The summed E-state index contributed by atoms with van der Waals surface area (Å²) in [6.45, 7) is 0. The van der Waals surface area contributed by atoms with Crippen molar-refractivity contribution in [2.24, 2.45) is 0 Å². The highest BCUT2D eigenvalue weighted by molar-refractivity contribution is 9.10. The van der Waals surface area contributed by atoms with Gasteiger partial charge in [0.15, 0.2) is 4.67 Å². The number of sulfonamides is 1. The third-order valence-corrected chi connectivity index (χ3v) is 5.55. The zero-order valence-electron chi connectivity index (χ0n) is 15.3. The molecule has 0 atom stereocenters. The van der Waals surface area contributed by atoms with Gasteiger partial charge in [-0.25, -0.2) is 8.42 Å². The van der Waals surface area contributed by atoms with E-state index in [1.54, 1.807) is 48.5 Å². The van der Waals surface area contributed by atoms with Gasteiger partial charge in [-0.2, -0.15) is 0 Å². The van der Waals surface area contributed by atoms with Crippen LogP contribution in [-0.2, 0) is 14.8 Å². The van der Waals surface area contributed by atoms with Gasteiger partial charge in [0.25, 0.3) is 10.0 Å². The van der Waals surface area contributed by atoms with Crippen LogP contribution >= 0.6 is 15.9 Å². The first-order valence-electron chi connectivity index (χ1n) is 8.37. The number of hydrogen-bond acceptors (Lipinski definition) is 5. The van der Waals surface area contributed by atoms with Crippen molar-refractivity contribution in [2.75, 3.05) is 17.1 Å². The summed E-state index contributed by atoms with van der Waals surface area (Å²) >= 11 is 3.18. The molecule has 1 aromatic heterocycles. The highest BCUT2D eigenvalue weighted by Crippen LogP contribution is 2.21. The van der Waals surface area contributed by atoms with Crippen LogP contribution in [0.4, 0.5) is 11.4 Å². The normalized spacial score (nSPS) is 11.4. The number of rotatable bonds is 7. The van der Waals surface area contributed by atoms with Gasteiger partial charge in [-0.1, -0.05) is 6.07 Å². The second kappa shape index (κ2) is 8.97. The van der Waals surface area contributed by atoms with Crippen molar-refractivity contribution in [3.8, 4) is 5.75 Å². The Balaban J connectivity index is 1.70. The fourth-order valence-electron chi connectivity index (χ4n) is 2.37. The number of carbonyl (C=O) groups excluding carboxylic acids is 1. The molecule has 3 rings (SSSR count). The Morgan fingerprint density at radius 3 is 2.48 bits per heavy atom. The average molecular weight is 477 g/mol. The Kier molecular flexibility index (Phi) is 6.40. The topological polar surface area (TPSA) is 97.6 Å². The van der Waals surface area contributed by atoms with Crippen molar-refractivity contribution in [1.82, 2.24) is 0 Å². The molecule has 0 aliphatic heterocycles. The average Bonchev–Trinajstić information content (AvgIpc) is 3.12. The lowest BCUT2D eigenvalue weighted by Crippen LogP contribution is -2.14. The van der Waals surface area contributed by atoms with Crippen molar-refractivity contribution in [2.45, 2.75) is 4.90 Å². The number of furan rings is 1. The van der Waals surface area contributed by atoms with E-state index in [1.807, 2.05) is 0 Å². The molecule has 1 heterocycles. The minimum atomic E-state index is -3.82. The zero-order chi connectivity index (χ0) is 20.9. The molecular weight excluding hydrogens is 460 g/mol. The lowest BCUT2D eigenvalue weighted by atomic mass is 10.3. The number of ether oxygens (including phenoxy) is 1. The summed E-state index contributed by atoms with van der Waals surface area (Å²) < 4.78 is 38.6. The Hall–Kier alpha value is -3.04. The lowest BCUT2D eigenvalue weighted by molar-refractivity contribution is -0.111. The van der Waals surface area contributed by atoms with Crippen LogP contribution in [0.25, 0.3) is 6.08 Å². The fourth-order valence-corrected chi connectivity index (χ4v) is 3.80. The molecule has 3 aromatic rings. The molecule has 1 amide bonds. The molecule has 0 bridgehead atoms. The van der Waals surface area contributed by atoms with E-state index >= 15 is 0 Å². The van der Waals surface area contributed by atoms with Crippen molar-refractivity contribution < 1.29 is 22.4 Å². The van der Waals surface area contributed by atoms with Crippen LogP contribution in [0.15, 0.2) is 80.7 Å². The highest BCUT2D eigenvalue weighted by Gasteiger charge is 2.15. The van der Waals surface area contributed by atoms with Crippen LogP contribution in [0, 0.1) is 0 Å². The molecule has 9 heteroatoms. The van der Waals surface area contributed by atoms with E-state index in [9.17, 15) is 13.2 Å². The first-order chi connectivity index (χ1) is 13.9. The summed E-state index contributed by atoms with van der Waals surface area (Å²) in [6, 6.07) is 15.9. The molecule has 2 aromatic carbocycles. The smallest absolute Gasteiger partial charge is 0.261 e. The molecule has 0 saturated heterocycles. The van der Waals surface area contributed by atoms with Crippen molar-refractivity contribution in [3.63, 3.8) is 0 Å². The minimum Gasteiger partial charge on any atom is -0.497 e. The summed E-state index contributed by atoms with van der Waals surface area (Å²) in [4.78, 5) is 12.1. The number of carbonyl (C=O) groups is 1. The quantitative estimate of drug-likeness (QED) is 0.489. The second-order valence-electron chi connectivity index (χ2n) is 5.83. The molecule has 0 radical (unpaired) electrons. The fraction of sp³-hybridized carbons (Fsp3) is 0.0500. The molecule has 0 unspecified atom stereocenters. The van der Waals surface area contributed by atoms with Crippen molar-refractivity contribution >= 4 is 49.3 Å². The number of methoxy groups -OCH3 is 1. The van der Waals surface area contributed by atoms with Crippen LogP contribution in [0.1, 0.15) is 5.76 Å². The van der Waals surface area contributed by atoms with E-state index < -0.39 is 15.9 Å². The Morgan fingerprint density at radius 2 is 1.83 bits per heavy atom. The summed E-state index contributed by atoms with van der Waals surface area (Å²) in [5, 5.41) is 2.62. The van der Waals surface area contributed by atoms with E-state index in [2.05, 4.69) is 26.0 Å². The van der Waals surface area contributed by atoms with Gasteiger partial charge in [-0.15, -0.1) is 0 Å². The van der Waals surface area contributed by atoms with Gasteiger partial charge >= 0.3 is 0 Å².